The van der Waals surface area contributed by atoms with Crippen molar-refractivity contribution in [2.45, 2.75) is 31.9 Å². The molecule has 0 saturated heterocycles. The molecule has 4 nitrogen and oxygen atoms in total. The molecular weight excluding hydrogens is 310 g/mol. The zero-order chi connectivity index (χ0) is 16.4. The number of aliphatic hydroxyl groups excluding tert-OH is 1. The molecular formula is C18H19NO3S. The zero-order valence-electron chi connectivity index (χ0n) is 12.9. The summed E-state index contributed by atoms with van der Waals surface area (Å²) < 4.78 is 0. The van der Waals surface area contributed by atoms with Crippen LogP contribution < -0.4 is 0 Å². The summed E-state index contributed by atoms with van der Waals surface area (Å²) in [6.07, 6.45) is 1.24. The van der Waals surface area contributed by atoms with Crippen molar-refractivity contribution in [3.05, 3.63) is 57.8 Å². The Labute approximate surface area is 139 Å². The van der Waals surface area contributed by atoms with Crippen molar-refractivity contribution in [1.29, 1.82) is 0 Å². The quantitative estimate of drug-likeness (QED) is 0.827. The van der Waals surface area contributed by atoms with Crippen molar-refractivity contribution in [2.24, 2.45) is 0 Å². The third-order valence-corrected chi connectivity index (χ3v) is 4.94. The molecule has 0 bridgehead atoms. The van der Waals surface area contributed by atoms with Gasteiger partial charge >= 0.3 is 0 Å². The molecule has 1 aromatic carbocycles. The SMILES string of the molecule is CC(=O)c1csc(C(=O)N(CC(O)c2ccccc2)C2CC2)c1. The summed E-state index contributed by atoms with van der Waals surface area (Å²) in [5.74, 6) is -0.137. The fraction of sp³-hybridized carbons (Fsp3) is 0.333. The van der Waals surface area contributed by atoms with Gasteiger partial charge in [-0.15, -0.1) is 11.3 Å². The average molecular weight is 329 g/mol. The highest BCUT2D eigenvalue weighted by Crippen LogP contribution is 2.31. The number of rotatable bonds is 6. The number of ketones is 1. The van der Waals surface area contributed by atoms with Gasteiger partial charge in [-0.25, -0.2) is 0 Å². The molecule has 0 aliphatic heterocycles. The Morgan fingerprint density at radius 2 is 2.00 bits per heavy atom. The summed E-state index contributed by atoms with van der Waals surface area (Å²) in [6.45, 7) is 1.77. The smallest absolute Gasteiger partial charge is 0.264 e. The van der Waals surface area contributed by atoms with Crippen molar-refractivity contribution in [3.8, 4) is 0 Å². The van der Waals surface area contributed by atoms with Gasteiger partial charge in [0, 0.05) is 17.0 Å². The number of hydrogen-bond acceptors (Lipinski definition) is 4. The molecule has 1 saturated carbocycles. The maximum atomic E-state index is 12.7. The van der Waals surface area contributed by atoms with Gasteiger partial charge in [0.2, 0.25) is 0 Å². The summed E-state index contributed by atoms with van der Waals surface area (Å²) in [5.41, 5.74) is 1.37. The molecule has 5 heteroatoms. The summed E-state index contributed by atoms with van der Waals surface area (Å²) in [6, 6.07) is 11.2. The highest BCUT2D eigenvalue weighted by Gasteiger charge is 2.35. The molecule has 1 amide bonds. The predicted octanol–water partition coefficient (Wildman–Crippen LogP) is 3.29. The van der Waals surface area contributed by atoms with Crippen LogP contribution in [0.4, 0.5) is 0 Å². The fourth-order valence-electron chi connectivity index (χ4n) is 2.53. The molecule has 23 heavy (non-hydrogen) atoms. The normalized spacial score (nSPS) is 15.2. The van der Waals surface area contributed by atoms with Crippen molar-refractivity contribution < 1.29 is 14.7 Å². The van der Waals surface area contributed by atoms with Crippen molar-refractivity contribution in [2.75, 3.05) is 6.54 Å². The van der Waals surface area contributed by atoms with Crippen LogP contribution >= 0.6 is 11.3 Å². The van der Waals surface area contributed by atoms with Gasteiger partial charge in [0.05, 0.1) is 17.5 Å². The second-order valence-corrected chi connectivity index (χ2v) is 6.78. The van der Waals surface area contributed by atoms with Gasteiger partial charge in [-0.2, -0.15) is 0 Å². The van der Waals surface area contributed by atoms with Crippen LogP contribution in [-0.4, -0.2) is 34.3 Å². The molecule has 1 fully saturated rings. The number of carbonyl (C=O) groups excluding carboxylic acids is 2. The molecule has 1 heterocycles. The number of hydrogen-bond donors (Lipinski definition) is 1. The fourth-order valence-corrected chi connectivity index (χ4v) is 3.43. The third kappa shape index (κ3) is 3.68. The highest BCUT2D eigenvalue weighted by molar-refractivity contribution is 7.12. The average Bonchev–Trinajstić information content (AvgIpc) is 3.27. The van der Waals surface area contributed by atoms with Gasteiger partial charge in [-0.3, -0.25) is 9.59 Å². The largest absolute Gasteiger partial charge is 0.387 e. The lowest BCUT2D eigenvalue weighted by Crippen LogP contribution is -2.36. The van der Waals surface area contributed by atoms with Crippen LogP contribution in [0.5, 0.6) is 0 Å². The molecule has 3 rings (SSSR count). The van der Waals surface area contributed by atoms with Crippen LogP contribution in [0.25, 0.3) is 0 Å². The van der Waals surface area contributed by atoms with E-state index >= 15 is 0 Å². The molecule has 1 N–H and O–H groups in total. The van der Waals surface area contributed by atoms with E-state index in [1.54, 1.807) is 16.3 Å². The second kappa shape index (κ2) is 6.64. The minimum Gasteiger partial charge on any atom is -0.387 e. The molecule has 2 aromatic rings. The lowest BCUT2D eigenvalue weighted by atomic mass is 10.1. The van der Waals surface area contributed by atoms with E-state index in [1.807, 2.05) is 30.3 Å². The summed E-state index contributed by atoms with van der Waals surface area (Å²) in [5, 5.41) is 12.1. The minimum absolute atomic E-state index is 0.0393. The first-order valence-electron chi connectivity index (χ1n) is 7.69. The van der Waals surface area contributed by atoms with Crippen LogP contribution in [0.3, 0.4) is 0 Å². The van der Waals surface area contributed by atoms with E-state index in [2.05, 4.69) is 0 Å². The summed E-state index contributed by atoms with van der Waals surface area (Å²) in [4.78, 5) is 26.4. The maximum Gasteiger partial charge on any atom is 0.264 e. The van der Waals surface area contributed by atoms with E-state index in [-0.39, 0.29) is 24.3 Å². The van der Waals surface area contributed by atoms with Crippen molar-refractivity contribution in [3.63, 3.8) is 0 Å². The summed E-state index contributed by atoms with van der Waals surface area (Å²) in [7, 11) is 0. The summed E-state index contributed by atoms with van der Waals surface area (Å²) >= 11 is 1.29. The number of thiophene rings is 1. The topological polar surface area (TPSA) is 57.6 Å². The number of nitrogens with zero attached hydrogens (tertiary/aromatic N) is 1. The monoisotopic (exact) mass is 329 g/mol. The van der Waals surface area contributed by atoms with Gasteiger partial charge in [0.1, 0.15) is 0 Å². The first-order valence-corrected chi connectivity index (χ1v) is 8.57. The zero-order valence-corrected chi connectivity index (χ0v) is 13.8. The Morgan fingerprint density at radius 1 is 1.30 bits per heavy atom. The van der Waals surface area contributed by atoms with Crippen LogP contribution in [-0.2, 0) is 0 Å². The first-order chi connectivity index (χ1) is 11.1. The lowest BCUT2D eigenvalue weighted by molar-refractivity contribution is 0.0608. The molecule has 1 aliphatic rings. The highest BCUT2D eigenvalue weighted by atomic mass is 32.1. The van der Waals surface area contributed by atoms with Crippen molar-refractivity contribution >= 4 is 23.0 Å². The Bertz CT molecular complexity index is 706. The molecule has 0 spiro atoms. The van der Waals surface area contributed by atoms with E-state index in [4.69, 9.17) is 0 Å². The first kappa shape index (κ1) is 15.9. The minimum atomic E-state index is -0.701. The van der Waals surface area contributed by atoms with Crippen LogP contribution in [0.2, 0.25) is 0 Å². The molecule has 0 radical (unpaired) electrons. The van der Waals surface area contributed by atoms with Crippen LogP contribution in [0.15, 0.2) is 41.8 Å². The lowest BCUT2D eigenvalue weighted by Gasteiger charge is -2.25. The number of aliphatic hydroxyl groups is 1. The Kier molecular flexibility index (Phi) is 4.59. The molecule has 1 aliphatic carbocycles. The van der Waals surface area contributed by atoms with Crippen LogP contribution in [0.1, 0.15) is 51.5 Å². The van der Waals surface area contributed by atoms with Gasteiger partial charge < -0.3 is 10.0 Å². The van der Waals surface area contributed by atoms with Gasteiger partial charge in [-0.1, -0.05) is 30.3 Å². The van der Waals surface area contributed by atoms with E-state index < -0.39 is 6.10 Å². The third-order valence-electron chi connectivity index (χ3n) is 4.02. The Hall–Kier alpha value is -1.98. The standard InChI is InChI=1S/C18H19NO3S/c1-12(20)14-9-17(23-11-14)18(22)19(15-7-8-15)10-16(21)13-5-3-2-4-6-13/h2-6,9,11,15-16,21H,7-8,10H2,1H3. The van der Waals surface area contributed by atoms with Gasteiger partial charge in [-0.05, 0) is 31.4 Å². The molecule has 1 aromatic heterocycles. The predicted molar refractivity (Wildman–Crippen MR) is 89.8 cm³/mol. The molecule has 1 unspecified atom stereocenters. The van der Waals surface area contributed by atoms with Crippen molar-refractivity contribution in [1.82, 2.24) is 4.90 Å². The maximum absolute atomic E-state index is 12.7. The number of carbonyl (C=O) groups is 2. The molecule has 1 atom stereocenters. The Morgan fingerprint density at radius 3 is 2.57 bits per heavy atom. The number of Topliss-reactive ketones (excluding diaryl/α,β-unsaturated/α-hetero) is 1. The van der Waals surface area contributed by atoms with E-state index in [0.29, 0.717) is 10.4 Å². The van der Waals surface area contributed by atoms with E-state index in [1.165, 1.54) is 18.3 Å². The van der Waals surface area contributed by atoms with Gasteiger partial charge in [0.15, 0.2) is 5.78 Å². The number of amides is 1. The molecule has 120 valence electrons. The Balaban J connectivity index is 1.76. The van der Waals surface area contributed by atoms with Gasteiger partial charge in [0.25, 0.3) is 5.91 Å². The van der Waals surface area contributed by atoms with E-state index in [9.17, 15) is 14.7 Å². The number of benzene rings is 1. The van der Waals surface area contributed by atoms with Crippen LogP contribution in [0, 0.1) is 0 Å². The second-order valence-electron chi connectivity index (χ2n) is 5.87. The van der Waals surface area contributed by atoms with E-state index in [0.717, 1.165) is 18.4 Å².